The highest BCUT2D eigenvalue weighted by Gasteiger charge is 2.37. The van der Waals surface area contributed by atoms with E-state index < -0.39 is 17.5 Å². The minimum absolute atomic E-state index is 0.0858. The van der Waals surface area contributed by atoms with Crippen molar-refractivity contribution in [2.75, 3.05) is 6.61 Å². The highest BCUT2D eigenvalue weighted by Crippen LogP contribution is 2.49. The van der Waals surface area contributed by atoms with Gasteiger partial charge in [-0.05, 0) is 73.3 Å². The Hall–Kier alpha value is -1.97. The second-order valence-electron chi connectivity index (χ2n) is 10.6. The summed E-state index contributed by atoms with van der Waals surface area (Å²) in [6.45, 7) is 6.03. The van der Waals surface area contributed by atoms with Gasteiger partial charge in [-0.25, -0.2) is 13.2 Å². The number of rotatable bonds is 10. The van der Waals surface area contributed by atoms with Gasteiger partial charge in [-0.3, -0.25) is 0 Å². The molecule has 1 nitrogen and oxygen atoms in total. The lowest BCUT2D eigenvalue weighted by Gasteiger charge is -2.42. The van der Waals surface area contributed by atoms with Gasteiger partial charge >= 0.3 is 0 Å². The lowest BCUT2D eigenvalue weighted by Crippen LogP contribution is -2.31. The predicted molar refractivity (Wildman–Crippen MR) is 134 cm³/mol. The summed E-state index contributed by atoms with van der Waals surface area (Å²) in [7, 11) is 0. The Morgan fingerprint density at radius 3 is 2.47 bits per heavy atom. The third-order valence-corrected chi connectivity index (χ3v) is 8.30. The lowest BCUT2D eigenvalue weighted by molar-refractivity contribution is 0.111. The summed E-state index contributed by atoms with van der Waals surface area (Å²) >= 11 is 0. The Balaban J connectivity index is 1.44. The molecule has 2 fully saturated rings. The molecule has 0 spiro atoms. The molecule has 2 aliphatic carbocycles. The fraction of sp³-hybridized carbons (Fsp3) is 0.600. The van der Waals surface area contributed by atoms with Gasteiger partial charge in [-0.2, -0.15) is 0 Å². The molecular formula is C30H39F3O. The van der Waals surface area contributed by atoms with Crippen molar-refractivity contribution in [3.63, 3.8) is 0 Å². The topological polar surface area (TPSA) is 9.23 Å². The standard InChI is InChI=1S/C30H39F3O/c1-3-5-6-7-8-9-20-10-11-22-16-23(13-12-21(22)15-20)28-26(31)18-24-17-25(34-14-4-2)19-27(32)29(24)30(28)33/h4,17-23H,2-3,5-16H2,1H3. The summed E-state index contributed by atoms with van der Waals surface area (Å²) < 4.78 is 50.9. The second kappa shape index (κ2) is 11.6. The molecule has 0 radical (unpaired) electrons. The average Bonchev–Trinajstić information content (AvgIpc) is 2.82. The molecule has 2 aromatic carbocycles. The van der Waals surface area contributed by atoms with Crippen LogP contribution in [0.25, 0.3) is 10.8 Å². The van der Waals surface area contributed by atoms with Crippen LogP contribution in [0.5, 0.6) is 5.75 Å². The first kappa shape index (κ1) is 25.1. The number of ether oxygens (including phenoxy) is 1. The normalized spacial score (nSPS) is 24.7. The fourth-order valence-corrected chi connectivity index (χ4v) is 6.56. The van der Waals surface area contributed by atoms with Crippen LogP contribution in [0.3, 0.4) is 0 Å². The maximum atomic E-state index is 15.5. The van der Waals surface area contributed by atoms with Gasteiger partial charge in [0.15, 0.2) is 0 Å². The Morgan fingerprint density at radius 2 is 1.68 bits per heavy atom. The van der Waals surface area contributed by atoms with E-state index in [2.05, 4.69) is 13.5 Å². The molecule has 0 amide bonds. The van der Waals surface area contributed by atoms with Gasteiger partial charge in [0.1, 0.15) is 29.8 Å². The van der Waals surface area contributed by atoms with Crippen molar-refractivity contribution in [1.82, 2.24) is 0 Å². The summed E-state index contributed by atoms with van der Waals surface area (Å²) in [4.78, 5) is 0. The molecule has 4 rings (SSSR count). The zero-order valence-corrected chi connectivity index (χ0v) is 20.6. The van der Waals surface area contributed by atoms with Crippen LogP contribution in [0.2, 0.25) is 0 Å². The molecule has 0 aromatic heterocycles. The van der Waals surface area contributed by atoms with Crippen LogP contribution in [0.1, 0.15) is 95.5 Å². The molecule has 0 saturated heterocycles. The van der Waals surface area contributed by atoms with Gasteiger partial charge in [0, 0.05) is 11.6 Å². The van der Waals surface area contributed by atoms with Crippen molar-refractivity contribution < 1.29 is 17.9 Å². The van der Waals surface area contributed by atoms with Crippen LogP contribution in [0.4, 0.5) is 13.2 Å². The van der Waals surface area contributed by atoms with Crippen molar-refractivity contribution in [3.8, 4) is 5.75 Å². The number of halogens is 3. The van der Waals surface area contributed by atoms with Crippen molar-refractivity contribution in [2.24, 2.45) is 17.8 Å². The maximum Gasteiger partial charge on any atom is 0.140 e. The molecule has 4 heteroatoms. The highest BCUT2D eigenvalue weighted by molar-refractivity contribution is 5.86. The van der Waals surface area contributed by atoms with Crippen molar-refractivity contribution in [2.45, 2.75) is 89.9 Å². The fourth-order valence-electron chi connectivity index (χ4n) is 6.56. The van der Waals surface area contributed by atoms with E-state index in [0.717, 1.165) is 31.6 Å². The lowest BCUT2D eigenvalue weighted by atomic mass is 9.63. The molecule has 34 heavy (non-hydrogen) atoms. The van der Waals surface area contributed by atoms with Crippen LogP contribution in [0, 0.1) is 35.2 Å². The number of unbranched alkanes of at least 4 members (excludes halogenated alkanes) is 4. The predicted octanol–water partition coefficient (Wildman–Crippen LogP) is 9.48. The van der Waals surface area contributed by atoms with Gasteiger partial charge in [0.25, 0.3) is 0 Å². The molecule has 2 aromatic rings. The van der Waals surface area contributed by atoms with Gasteiger partial charge in [-0.15, -0.1) is 0 Å². The molecule has 2 saturated carbocycles. The second-order valence-corrected chi connectivity index (χ2v) is 10.6. The zero-order valence-electron chi connectivity index (χ0n) is 20.6. The molecule has 0 bridgehead atoms. The van der Waals surface area contributed by atoms with Crippen LogP contribution in [-0.2, 0) is 0 Å². The molecule has 4 atom stereocenters. The third kappa shape index (κ3) is 5.63. The van der Waals surface area contributed by atoms with Crippen LogP contribution in [0.15, 0.2) is 30.9 Å². The largest absolute Gasteiger partial charge is 0.489 e. The van der Waals surface area contributed by atoms with Crippen molar-refractivity contribution in [3.05, 3.63) is 53.9 Å². The number of hydrogen-bond acceptors (Lipinski definition) is 1. The summed E-state index contributed by atoms with van der Waals surface area (Å²) in [6.07, 6.45) is 15.8. The van der Waals surface area contributed by atoms with E-state index in [1.54, 1.807) is 6.08 Å². The first-order valence-corrected chi connectivity index (χ1v) is 13.4. The Kier molecular flexibility index (Phi) is 8.60. The third-order valence-electron chi connectivity index (χ3n) is 8.30. The monoisotopic (exact) mass is 472 g/mol. The quantitative estimate of drug-likeness (QED) is 0.247. The first-order valence-electron chi connectivity index (χ1n) is 13.4. The van der Waals surface area contributed by atoms with E-state index in [4.69, 9.17) is 4.74 Å². The smallest absolute Gasteiger partial charge is 0.140 e. The molecule has 0 aliphatic heterocycles. The maximum absolute atomic E-state index is 15.5. The Labute approximate surface area is 202 Å². The van der Waals surface area contributed by atoms with Crippen LogP contribution >= 0.6 is 0 Å². The average molecular weight is 473 g/mol. The summed E-state index contributed by atoms with van der Waals surface area (Å²) in [5.74, 6) is 0.110. The van der Waals surface area contributed by atoms with Gasteiger partial charge < -0.3 is 4.74 Å². The SMILES string of the molecule is C=CCOc1cc(F)c2c(F)c(C3CCC4CC(CCCCCCC)CCC4C3)c(F)cc2c1. The number of benzene rings is 2. The Bertz CT molecular complexity index is 985. The van der Waals surface area contributed by atoms with E-state index in [-0.39, 0.29) is 34.6 Å². The van der Waals surface area contributed by atoms with Gasteiger partial charge in [-0.1, -0.05) is 64.5 Å². The van der Waals surface area contributed by atoms with E-state index in [1.807, 2.05) is 0 Å². The molecule has 0 heterocycles. The van der Waals surface area contributed by atoms with Gasteiger partial charge in [0.05, 0.1) is 5.39 Å². The van der Waals surface area contributed by atoms with E-state index in [0.29, 0.717) is 11.8 Å². The number of hydrogen-bond donors (Lipinski definition) is 0. The van der Waals surface area contributed by atoms with Crippen LogP contribution in [-0.4, -0.2) is 6.61 Å². The van der Waals surface area contributed by atoms with Crippen molar-refractivity contribution in [1.29, 1.82) is 0 Å². The molecule has 4 unspecified atom stereocenters. The molecular weight excluding hydrogens is 433 g/mol. The molecule has 2 aliphatic rings. The minimum Gasteiger partial charge on any atom is -0.489 e. The van der Waals surface area contributed by atoms with Gasteiger partial charge in [0.2, 0.25) is 0 Å². The summed E-state index contributed by atoms with van der Waals surface area (Å²) in [6, 6.07) is 3.95. The number of fused-ring (bicyclic) bond motifs is 2. The van der Waals surface area contributed by atoms with Crippen molar-refractivity contribution >= 4 is 10.8 Å². The Morgan fingerprint density at radius 1 is 0.912 bits per heavy atom. The summed E-state index contributed by atoms with van der Waals surface area (Å²) in [5.41, 5.74) is 0.0858. The molecule has 0 N–H and O–H groups in total. The first-order chi connectivity index (χ1) is 16.5. The zero-order chi connectivity index (χ0) is 24.1. The summed E-state index contributed by atoms with van der Waals surface area (Å²) in [5, 5.41) is 0.0715. The van der Waals surface area contributed by atoms with E-state index in [9.17, 15) is 4.39 Å². The molecule has 186 valence electrons. The van der Waals surface area contributed by atoms with Crippen LogP contribution < -0.4 is 4.74 Å². The highest BCUT2D eigenvalue weighted by atomic mass is 19.1. The van der Waals surface area contributed by atoms with E-state index >= 15 is 8.78 Å². The minimum atomic E-state index is -0.730. The van der Waals surface area contributed by atoms with E-state index in [1.165, 1.54) is 69.6 Å².